The standard InChI is InChI=1S/C22H19N5O3S/c1-13-3-5-16(6-4-13)31(28,29)20-9-17-21(24-12-25-22(17)27-20)26-18-7-14-10-23-11-15(14)8-19(18)30-2/h3-10,12H,11H2,1-2H3,(H2,24,25,26,27). The lowest BCUT2D eigenvalue weighted by Gasteiger charge is -2.13. The molecule has 0 radical (unpaired) electrons. The van der Waals surface area contributed by atoms with Gasteiger partial charge in [-0.15, -0.1) is 0 Å². The maximum atomic E-state index is 13.1. The summed E-state index contributed by atoms with van der Waals surface area (Å²) in [6, 6.07) is 12.2. The Kier molecular flexibility index (Phi) is 4.48. The molecule has 1 aliphatic rings. The zero-order valence-electron chi connectivity index (χ0n) is 16.9. The van der Waals surface area contributed by atoms with Crippen LogP contribution in [0.25, 0.3) is 11.0 Å². The van der Waals surface area contributed by atoms with Crippen LogP contribution in [0.1, 0.15) is 16.7 Å². The Morgan fingerprint density at radius 3 is 2.68 bits per heavy atom. The number of nitrogens with one attached hydrogen (secondary N) is 2. The van der Waals surface area contributed by atoms with E-state index < -0.39 is 9.84 Å². The van der Waals surface area contributed by atoms with Crippen LogP contribution in [0.2, 0.25) is 0 Å². The van der Waals surface area contributed by atoms with Crippen LogP contribution in [0.3, 0.4) is 0 Å². The Labute approximate surface area is 179 Å². The smallest absolute Gasteiger partial charge is 0.221 e. The van der Waals surface area contributed by atoms with E-state index in [0.29, 0.717) is 34.8 Å². The molecule has 0 amide bonds. The lowest BCUT2D eigenvalue weighted by Crippen LogP contribution is -2.02. The van der Waals surface area contributed by atoms with Crippen LogP contribution < -0.4 is 10.1 Å². The van der Waals surface area contributed by atoms with Crippen LogP contribution in [0, 0.1) is 6.92 Å². The first kappa shape index (κ1) is 19.3. The molecular formula is C22H19N5O3S. The molecule has 0 saturated carbocycles. The van der Waals surface area contributed by atoms with Crippen LogP contribution in [0.5, 0.6) is 5.75 Å². The van der Waals surface area contributed by atoms with Gasteiger partial charge in [0.1, 0.15) is 28.6 Å². The molecule has 0 unspecified atom stereocenters. The number of benzene rings is 2. The van der Waals surface area contributed by atoms with Crippen LogP contribution in [0.15, 0.2) is 63.7 Å². The topological polar surface area (TPSA) is 109 Å². The molecule has 2 aromatic carbocycles. The highest BCUT2D eigenvalue weighted by molar-refractivity contribution is 7.91. The third-order valence-corrected chi connectivity index (χ3v) is 6.92. The van der Waals surface area contributed by atoms with Gasteiger partial charge in [0.2, 0.25) is 9.84 Å². The second-order valence-electron chi connectivity index (χ2n) is 7.28. The van der Waals surface area contributed by atoms with Crippen LogP contribution in [0.4, 0.5) is 11.5 Å². The first-order valence-corrected chi connectivity index (χ1v) is 11.1. The number of hydrogen-bond donors (Lipinski definition) is 2. The Hall–Kier alpha value is -3.72. The predicted molar refractivity (Wildman–Crippen MR) is 118 cm³/mol. The highest BCUT2D eigenvalue weighted by Crippen LogP contribution is 2.34. The number of rotatable bonds is 5. The van der Waals surface area contributed by atoms with Crippen molar-refractivity contribution in [2.75, 3.05) is 12.4 Å². The van der Waals surface area contributed by atoms with Gasteiger partial charge in [0.15, 0.2) is 0 Å². The van der Waals surface area contributed by atoms with Crippen molar-refractivity contribution in [2.24, 2.45) is 4.99 Å². The van der Waals surface area contributed by atoms with Gasteiger partial charge in [-0.2, -0.15) is 0 Å². The number of H-pyrrole nitrogens is 1. The third kappa shape index (κ3) is 3.32. The Morgan fingerprint density at radius 1 is 1.10 bits per heavy atom. The number of methoxy groups -OCH3 is 1. The van der Waals surface area contributed by atoms with Gasteiger partial charge in [-0.3, -0.25) is 4.99 Å². The first-order chi connectivity index (χ1) is 15.0. The number of anilines is 2. The van der Waals surface area contributed by atoms with Gasteiger partial charge in [-0.1, -0.05) is 17.7 Å². The monoisotopic (exact) mass is 433 g/mol. The second-order valence-corrected chi connectivity index (χ2v) is 9.20. The summed E-state index contributed by atoms with van der Waals surface area (Å²) in [4.78, 5) is 15.9. The van der Waals surface area contributed by atoms with Crippen LogP contribution in [-0.2, 0) is 16.4 Å². The van der Waals surface area contributed by atoms with E-state index in [0.717, 1.165) is 16.7 Å². The largest absolute Gasteiger partial charge is 0.495 e. The van der Waals surface area contributed by atoms with E-state index in [2.05, 4.69) is 25.3 Å². The van der Waals surface area contributed by atoms with Crippen LogP contribution in [-0.4, -0.2) is 36.7 Å². The Balaban J connectivity index is 1.57. The minimum absolute atomic E-state index is 0.0583. The number of sulfone groups is 1. The van der Waals surface area contributed by atoms with E-state index in [4.69, 9.17) is 4.74 Å². The van der Waals surface area contributed by atoms with E-state index in [1.807, 2.05) is 25.3 Å². The molecule has 9 heteroatoms. The maximum absolute atomic E-state index is 13.1. The number of aryl methyl sites for hydroxylation is 1. The van der Waals surface area contributed by atoms with E-state index in [9.17, 15) is 8.42 Å². The van der Waals surface area contributed by atoms with Crippen molar-refractivity contribution in [2.45, 2.75) is 23.4 Å². The summed E-state index contributed by atoms with van der Waals surface area (Å²) < 4.78 is 31.7. The summed E-state index contributed by atoms with van der Waals surface area (Å²) in [6.07, 6.45) is 3.20. The molecule has 0 fully saturated rings. The lowest BCUT2D eigenvalue weighted by molar-refractivity contribution is 0.416. The molecule has 4 aromatic rings. The van der Waals surface area contributed by atoms with Gasteiger partial charge in [0.05, 0.1) is 29.6 Å². The molecular weight excluding hydrogens is 414 g/mol. The van der Waals surface area contributed by atoms with Gasteiger partial charge in [0, 0.05) is 6.21 Å². The number of ether oxygens (including phenoxy) is 1. The maximum Gasteiger partial charge on any atom is 0.221 e. The average molecular weight is 433 g/mol. The van der Waals surface area contributed by atoms with E-state index in [-0.39, 0.29) is 9.92 Å². The molecule has 3 heterocycles. The Morgan fingerprint density at radius 2 is 1.90 bits per heavy atom. The molecule has 0 aliphatic carbocycles. The van der Waals surface area contributed by atoms with Gasteiger partial charge in [0.25, 0.3) is 0 Å². The number of aromatic nitrogens is 3. The summed E-state index contributed by atoms with van der Waals surface area (Å²) >= 11 is 0. The quantitative estimate of drug-likeness (QED) is 0.496. The summed E-state index contributed by atoms with van der Waals surface area (Å²) in [6.45, 7) is 2.54. The predicted octanol–water partition coefficient (Wildman–Crippen LogP) is 3.78. The normalized spacial score (nSPS) is 12.8. The van der Waals surface area contributed by atoms with Gasteiger partial charge in [-0.05, 0) is 48.4 Å². The van der Waals surface area contributed by atoms with E-state index in [1.54, 1.807) is 37.4 Å². The summed E-state index contributed by atoms with van der Waals surface area (Å²) in [7, 11) is -2.12. The van der Waals surface area contributed by atoms with Crippen molar-refractivity contribution in [1.29, 1.82) is 0 Å². The number of fused-ring (bicyclic) bond motifs is 2. The van der Waals surface area contributed by atoms with Gasteiger partial charge >= 0.3 is 0 Å². The molecule has 1 aliphatic heterocycles. The number of nitrogens with zero attached hydrogens (tertiary/aromatic N) is 3. The minimum Gasteiger partial charge on any atom is -0.495 e. The third-order valence-electron chi connectivity index (χ3n) is 5.23. The highest BCUT2D eigenvalue weighted by atomic mass is 32.2. The lowest BCUT2D eigenvalue weighted by atomic mass is 10.1. The van der Waals surface area contributed by atoms with Crippen molar-refractivity contribution in [3.05, 3.63) is 65.5 Å². The highest BCUT2D eigenvalue weighted by Gasteiger charge is 2.22. The SMILES string of the molecule is COc1cc2c(cc1Nc1ncnc3[nH]c(S(=O)(=O)c4ccc(C)cc4)cc13)C=NC2. The molecule has 0 spiro atoms. The van der Waals surface area contributed by atoms with Crippen molar-refractivity contribution in [1.82, 2.24) is 15.0 Å². The molecule has 0 bridgehead atoms. The van der Waals surface area contributed by atoms with Crippen LogP contribution >= 0.6 is 0 Å². The molecule has 8 nitrogen and oxygen atoms in total. The molecule has 2 N–H and O–H groups in total. The summed E-state index contributed by atoms with van der Waals surface area (Å²) in [5, 5.41) is 3.87. The molecule has 31 heavy (non-hydrogen) atoms. The van der Waals surface area contributed by atoms with Crippen molar-refractivity contribution >= 4 is 38.6 Å². The zero-order chi connectivity index (χ0) is 21.6. The molecule has 156 valence electrons. The summed E-state index contributed by atoms with van der Waals surface area (Å²) in [5.41, 5.74) is 4.21. The van der Waals surface area contributed by atoms with Gasteiger partial charge in [-0.25, -0.2) is 18.4 Å². The zero-order valence-corrected chi connectivity index (χ0v) is 17.7. The fraction of sp³-hybridized carbons (Fsp3) is 0.136. The molecule has 5 rings (SSSR count). The summed E-state index contributed by atoms with van der Waals surface area (Å²) in [5.74, 6) is 1.12. The minimum atomic E-state index is -3.72. The fourth-order valence-corrected chi connectivity index (χ4v) is 4.79. The molecule has 0 atom stereocenters. The van der Waals surface area contributed by atoms with Crippen molar-refractivity contribution in [3.63, 3.8) is 0 Å². The van der Waals surface area contributed by atoms with Gasteiger partial charge < -0.3 is 15.0 Å². The molecule has 2 aromatic heterocycles. The van der Waals surface area contributed by atoms with Crippen molar-refractivity contribution < 1.29 is 13.2 Å². The number of hydrogen-bond acceptors (Lipinski definition) is 7. The van der Waals surface area contributed by atoms with E-state index >= 15 is 0 Å². The Bertz CT molecular complexity index is 1440. The first-order valence-electron chi connectivity index (χ1n) is 9.59. The molecule has 0 saturated heterocycles. The number of aromatic amines is 1. The van der Waals surface area contributed by atoms with E-state index in [1.165, 1.54) is 6.33 Å². The average Bonchev–Trinajstić information content (AvgIpc) is 3.41. The van der Waals surface area contributed by atoms with Crippen molar-refractivity contribution in [3.8, 4) is 5.75 Å². The fourth-order valence-electron chi connectivity index (χ4n) is 3.54. The number of aliphatic imine (C=N–C) groups is 1. The second kappa shape index (κ2) is 7.21.